The van der Waals surface area contributed by atoms with E-state index in [4.69, 9.17) is 5.11 Å². The SMILES string of the molecule is CC(C)(C)[C@H](NC(=O)/C=C/c1ccccc1)C(=O)O. The van der Waals surface area contributed by atoms with Crippen LogP contribution in [0.25, 0.3) is 6.08 Å². The third-order valence-corrected chi connectivity index (χ3v) is 2.63. The van der Waals surface area contributed by atoms with Crippen LogP contribution in [0.4, 0.5) is 0 Å². The highest BCUT2D eigenvalue weighted by Crippen LogP contribution is 2.19. The standard InChI is InChI=1S/C15H19NO3/c1-15(2,3)13(14(18)19)16-12(17)10-9-11-7-5-4-6-8-11/h4-10,13H,1-3H3,(H,16,17)(H,18,19)/b10-9+/t13-/m1/s1. The van der Waals surface area contributed by atoms with E-state index in [1.54, 1.807) is 26.8 Å². The van der Waals surface area contributed by atoms with E-state index < -0.39 is 23.3 Å². The van der Waals surface area contributed by atoms with Crippen LogP contribution >= 0.6 is 0 Å². The molecule has 4 heteroatoms. The maximum absolute atomic E-state index is 11.7. The van der Waals surface area contributed by atoms with Crippen LogP contribution in [-0.4, -0.2) is 23.0 Å². The topological polar surface area (TPSA) is 66.4 Å². The summed E-state index contributed by atoms with van der Waals surface area (Å²) in [7, 11) is 0. The molecule has 0 radical (unpaired) electrons. The normalized spacial score (nSPS) is 13.2. The Balaban J connectivity index is 2.69. The van der Waals surface area contributed by atoms with E-state index in [0.717, 1.165) is 5.56 Å². The summed E-state index contributed by atoms with van der Waals surface area (Å²) < 4.78 is 0. The molecule has 0 aliphatic rings. The van der Waals surface area contributed by atoms with Crippen LogP contribution in [0.15, 0.2) is 36.4 Å². The molecule has 4 nitrogen and oxygen atoms in total. The summed E-state index contributed by atoms with van der Waals surface area (Å²) in [4.78, 5) is 22.8. The first-order chi connectivity index (χ1) is 8.80. The summed E-state index contributed by atoms with van der Waals surface area (Å²) in [6, 6.07) is 8.43. The number of carbonyl (C=O) groups is 2. The summed E-state index contributed by atoms with van der Waals surface area (Å²) in [6.07, 6.45) is 2.99. The van der Waals surface area contributed by atoms with Gasteiger partial charge >= 0.3 is 5.97 Å². The molecule has 0 spiro atoms. The quantitative estimate of drug-likeness (QED) is 0.817. The first-order valence-corrected chi connectivity index (χ1v) is 6.07. The molecule has 1 aromatic carbocycles. The maximum Gasteiger partial charge on any atom is 0.326 e. The average Bonchev–Trinajstić information content (AvgIpc) is 2.33. The number of nitrogens with one attached hydrogen (secondary N) is 1. The van der Waals surface area contributed by atoms with Gasteiger partial charge in [0.25, 0.3) is 0 Å². The number of rotatable bonds is 4. The van der Waals surface area contributed by atoms with Crippen molar-refractivity contribution in [2.24, 2.45) is 5.41 Å². The zero-order valence-corrected chi connectivity index (χ0v) is 11.4. The summed E-state index contributed by atoms with van der Waals surface area (Å²) in [6.45, 7) is 5.31. The molecule has 0 fully saturated rings. The summed E-state index contributed by atoms with van der Waals surface area (Å²) in [5.74, 6) is -1.44. The Hall–Kier alpha value is -2.10. The largest absolute Gasteiger partial charge is 0.480 e. The van der Waals surface area contributed by atoms with Crippen molar-refractivity contribution < 1.29 is 14.7 Å². The van der Waals surface area contributed by atoms with Crippen molar-refractivity contribution in [2.45, 2.75) is 26.8 Å². The van der Waals surface area contributed by atoms with E-state index >= 15 is 0 Å². The second-order valence-corrected chi connectivity index (χ2v) is 5.39. The number of carbonyl (C=O) groups excluding carboxylic acids is 1. The third-order valence-electron chi connectivity index (χ3n) is 2.63. The van der Waals surface area contributed by atoms with Gasteiger partial charge < -0.3 is 10.4 Å². The van der Waals surface area contributed by atoms with Crippen LogP contribution in [-0.2, 0) is 9.59 Å². The smallest absolute Gasteiger partial charge is 0.326 e. The van der Waals surface area contributed by atoms with Crippen molar-refractivity contribution in [3.05, 3.63) is 42.0 Å². The van der Waals surface area contributed by atoms with E-state index in [0.29, 0.717) is 0 Å². The van der Waals surface area contributed by atoms with Gasteiger partial charge in [0.05, 0.1) is 0 Å². The van der Waals surface area contributed by atoms with Crippen molar-refractivity contribution in [3.8, 4) is 0 Å². The van der Waals surface area contributed by atoms with Crippen molar-refractivity contribution in [1.29, 1.82) is 0 Å². The Bertz CT molecular complexity index is 472. The molecule has 0 saturated carbocycles. The fourth-order valence-electron chi connectivity index (χ4n) is 1.58. The molecule has 0 saturated heterocycles. The lowest BCUT2D eigenvalue weighted by atomic mass is 9.87. The highest BCUT2D eigenvalue weighted by atomic mass is 16.4. The van der Waals surface area contributed by atoms with Crippen molar-refractivity contribution >= 4 is 18.0 Å². The minimum absolute atomic E-state index is 0.411. The molecule has 1 amide bonds. The van der Waals surface area contributed by atoms with Gasteiger partial charge in [0.1, 0.15) is 6.04 Å². The van der Waals surface area contributed by atoms with Gasteiger partial charge in [-0.05, 0) is 17.1 Å². The fourth-order valence-corrected chi connectivity index (χ4v) is 1.58. The predicted molar refractivity (Wildman–Crippen MR) is 74.5 cm³/mol. The predicted octanol–water partition coefficient (Wildman–Crippen LogP) is 2.32. The second-order valence-electron chi connectivity index (χ2n) is 5.39. The van der Waals surface area contributed by atoms with Crippen LogP contribution < -0.4 is 5.32 Å². The van der Waals surface area contributed by atoms with Crippen molar-refractivity contribution in [2.75, 3.05) is 0 Å². The Morgan fingerprint density at radius 3 is 2.26 bits per heavy atom. The van der Waals surface area contributed by atoms with Gasteiger partial charge in [0.15, 0.2) is 0 Å². The van der Waals surface area contributed by atoms with Gasteiger partial charge in [-0.3, -0.25) is 4.79 Å². The molecule has 1 rings (SSSR count). The number of amides is 1. The Morgan fingerprint density at radius 1 is 1.21 bits per heavy atom. The fraction of sp³-hybridized carbons (Fsp3) is 0.333. The third kappa shape index (κ3) is 4.95. The highest BCUT2D eigenvalue weighted by molar-refractivity contribution is 5.94. The van der Waals surface area contributed by atoms with Crippen LogP contribution in [0.5, 0.6) is 0 Å². The lowest BCUT2D eigenvalue weighted by Crippen LogP contribution is -2.48. The lowest BCUT2D eigenvalue weighted by Gasteiger charge is -2.27. The number of benzene rings is 1. The van der Waals surface area contributed by atoms with Crippen molar-refractivity contribution in [3.63, 3.8) is 0 Å². The van der Waals surface area contributed by atoms with E-state index in [9.17, 15) is 9.59 Å². The second kappa shape index (κ2) is 6.18. The van der Waals surface area contributed by atoms with E-state index in [2.05, 4.69) is 5.32 Å². The van der Waals surface area contributed by atoms with E-state index in [1.165, 1.54) is 6.08 Å². The maximum atomic E-state index is 11.7. The van der Waals surface area contributed by atoms with Crippen LogP contribution in [0.2, 0.25) is 0 Å². The zero-order valence-electron chi connectivity index (χ0n) is 11.4. The molecule has 1 aromatic rings. The number of carboxylic acids is 1. The minimum atomic E-state index is -1.03. The summed E-state index contributed by atoms with van der Waals surface area (Å²) in [5.41, 5.74) is 0.350. The molecule has 0 aliphatic heterocycles. The molecule has 2 N–H and O–H groups in total. The molecular formula is C15H19NO3. The van der Waals surface area contributed by atoms with Gasteiger partial charge in [0.2, 0.25) is 5.91 Å². The first-order valence-electron chi connectivity index (χ1n) is 6.07. The molecular weight excluding hydrogens is 242 g/mol. The molecule has 1 atom stereocenters. The van der Waals surface area contributed by atoms with E-state index in [-0.39, 0.29) is 0 Å². The van der Waals surface area contributed by atoms with Gasteiger partial charge in [-0.1, -0.05) is 51.1 Å². The Kier molecular flexibility index (Phi) is 4.87. The molecule has 0 heterocycles. The molecule has 19 heavy (non-hydrogen) atoms. The Labute approximate surface area is 113 Å². The van der Waals surface area contributed by atoms with Gasteiger partial charge in [-0.2, -0.15) is 0 Å². The molecule has 0 aromatic heterocycles. The van der Waals surface area contributed by atoms with Gasteiger partial charge in [0, 0.05) is 6.08 Å². The molecule has 102 valence electrons. The molecule has 0 bridgehead atoms. The van der Waals surface area contributed by atoms with E-state index in [1.807, 2.05) is 30.3 Å². The minimum Gasteiger partial charge on any atom is -0.480 e. The lowest BCUT2D eigenvalue weighted by molar-refractivity contribution is -0.144. The zero-order chi connectivity index (χ0) is 14.5. The molecule has 0 aliphatic carbocycles. The summed E-state index contributed by atoms with van der Waals surface area (Å²) >= 11 is 0. The highest BCUT2D eigenvalue weighted by Gasteiger charge is 2.31. The Morgan fingerprint density at radius 2 is 1.79 bits per heavy atom. The number of hydrogen-bond donors (Lipinski definition) is 2. The average molecular weight is 261 g/mol. The number of carboxylic acid groups (broad SMARTS) is 1. The first kappa shape index (κ1) is 15.0. The van der Waals surface area contributed by atoms with Crippen molar-refractivity contribution in [1.82, 2.24) is 5.32 Å². The summed E-state index contributed by atoms with van der Waals surface area (Å²) in [5, 5.41) is 11.6. The number of hydrogen-bond acceptors (Lipinski definition) is 2. The van der Waals surface area contributed by atoms with Gasteiger partial charge in [-0.15, -0.1) is 0 Å². The molecule has 0 unspecified atom stereocenters. The monoisotopic (exact) mass is 261 g/mol. The van der Waals surface area contributed by atoms with Crippen LogP contribution in [0, 0.1) is 5.41 Å². The number of aliphatic carboxylic acids is 1. The van der Waals surface area contributed by atoms with Gasteiger partial charge in [-0.25, -0.2) is 4.79 Å². The van der Waals surface area contributed by atoms with Crippen LogP contribution in [0.3, 0.4) is 0 Å². The van der Waals surface area contributed by atoms with Crippen LogP contribution in [0.1, 0.15) is 26.3 Å².